The van der Waals surface area contributed by atoms with Crippen LogP contribution in [0.25, 0.3) is 6.08 Å². The molecule has 1 unspecified atom stereocenters. The first-order valence-electron chi connectivity index (χ1n) is 13.4. The van der Waals surface area contributed by atoms with Crippen molar-refractivity contribution in [3.05, 3.63) is 34.3 Å². The Hall–Kier alpha value is -1.58. The van der Waals surface area contributed by atoms with Gasteiger partial charge in [-0.1, -0.05) is 33.3 Å². The molecule has 37 heavy (non-hydrogen) atoms. The van der Waals surface area contributed by atoms with Crippen molar-refractivity contribution in [2.45, 2.75) is 116 Å². The average Bonchev–Trinajstić information content (AvgIpc) is 3.28. The zero-order valence-electron chi connectivity index (χ0n) is 23.1. The molecular formula is C29H45NO6S. The van der Waals surface area contributed by atoms with Gasteiger partial charge in [-0.25, -0.2) is 4.98 Å². The first-order valence-corrected chi connectivity index (χ1v) is 14.3. The third-order valence-corrected chi connectivity index (χ3v) is 9.38. The minimum atomic E-state index is -1.18. The van der Waals surface area contributed by atoms with Gasteiger partial charge in [-0.05, 0) is 57.6 Å². The van der Waals surface area contributed by atoms with E-state index < -0.39 is 41.7 Å². The lowest BCUT2D eigenvalue weighted by Crippen LogP contribution is -2.50. The van der Waals surface area contributed by atoms with Crippen LogP contribution in [-0.2, 0) is 14.3 Å². The number of hydrogen-bond acceptors (Lipinski definition) is 8. The van der Waals surface area contributed by atoms with Gasteiger partial charge < -0.3 is 24.8 Å². The molecule has 3 heterocycles. The number of ether oxygens (including phenoxy) is 2. The Labute approximate surface area is 225 Å². The predicted molar refractivity (Wildman–Crippen MR) is 146 cm³/mol. The molecule has 1 aromatic heterocycles. The first kappa shape index (κ1) is 30.0. The maximum absolute atomic E-state index is 13.1. The van der Waals surface area contributed by atoms with Gasteiger partial charge in [-0.3, -0.25) is 4.79 Å². The van der Waals surface area contributed by atoms with Gasteiger partial charge in [0.25, 0.3) is 0 Å². The van der Waals surface area contributed by atoms with Gasteiger partial charge in [-0.2, -0.15) is 0 Å². The van der Waals surface area contributed by atoms with E-state index in [1.165, 1.54) is 0 Å². The minimum Gasteiger partial charge on any atom is -0.458 e. The zero-order chi connectivity index (χ0) is 27.5. The van der Waals surface area contributed by atoms with Gasteiger partial charge in [0.2, 0.25) is 0 Å². The van der Waals surface area contributed by atoms with Crippen molar-refractivity contribution in [1.82, 2.24) is 4.98 Å². The highest BCUT2D eigenvalue weighted by Gasteiger charge is 2.53. The molecule has 0 radical (unpaired) electrons. The number of carbonyl (C=O) groups is 1. The number of thiazole rings is 1. The standard InChI is InChI=1S/C29H45NO6S/c1-8-11-28(6)23(31)15-25(32)35-22(18(3)13-21-16-37-20(5)30-21)14-24-29(7,36-24)12-9-10-17(2)26(33)19(4)27(28)34/h8,13,16-17,19,22-24,26-27,31,33-34H,1,9-12,14-15H2,2-7H3/b18-13+/t17-,19+,22-,23-,24-,26-,27?,28+,29+/m0/s1. The van der Waals surface area contributed by atoms with Gasteiger partial charge in [0.1, 0.15) is 6.10 Å². The summed E-state index contributed by atoms with van der Waals surface area (Å²) in [4.78, 5) is 17.6. The van der Waals surface area contributed by atoms with Crippen molar-refractivity contribution >= 4 is 23.4 Å². The van der Waals surface area contributed by atoms with Gasteiger partial charge in [0.05, 0.1) is 47.1 Å². The molecule has 1 aromatic rings. The van der Waals surface area contributed by atoms with Crippen LogP contribution in [0.1, 0.15) is 83.8 Å². The van der Waals surface area contributed by atoms with Gasteiger partial charge >= 0.3 is 5.97 Å². The molecule has 7 nitrogen and oxygen atoms in total. The number of aromatic nitrogens is 1. The van der Waals surface area contributed by atoms with Gasteiger partial charge in [0.15, 0.2) is 0 Å². The number of carbonyl (C=O) groups excluding carboxylic acids is 1. The number of cyclic esters (lactones) is 1. The second kappa shape index (κ2) is 12.1. The first-order chi connectivity index (χ1) is 17.3. The molecule has 3 N–H and O–H groups in total. The smallest absolute Gasteiger partial charge is 0.309 e. The van der Waals surface area contributed by atoms with Crippen LogP contribution in [0.2, 0.25) is 0 Å². The quantitative estimate of drug-likeness (QED) is 0.288. The number of nitrogens with zero attached hydrogens (tertiary/aromatic N) is 1. The van der Waals surface area contributed by atoms with Crippen molar-refractivity contribution in [2.75, 3.05) is 0 Å². The number of allylic oxidation sites excluding steroid dienone is 1. The fraction of sp³-hybridized carbons (Fsp3) is 0.724. The highest BCUT2D eigenvalue weighted by Crippen LogP contribution is 2.45. The van der Waals surface area contributed by atoms with Crippen LogP contribution in [0.5, 0.6) is 0 Å². The summed E-state index contributed by atoms with van der Waals surface area (Å²) in [7, 11) is 0. The van der Waals surface area contributed by atoms with Crippen LogP contribution in [-0.4, -0.2) is 62.4 Å². The molecule has 3 rings (SSSR count). The van der Waals surface area contributed by atoms with Crippen molar-refractivity contribution < 1.29 is 29.6 Å². The van der Waals surface area contributed by atoms with Crippen molar-refractivity contribution in [1.29, 1.82) is 0 Å². The Morgan fingerprint density at radius 1 is 1.30 bits per heavy atom. The lowest BCUT2D eigenvalue weighted by atomic mass is 9.68. The predicted octanol–water partition coefficient (Wildman–Crippen LogP) is 4.83. The third kappa shape index (κ3) is 7.09. The number of epoxide rings is 1. The Morgan fingerprint density at radius 3 is 2.62 bits per heavy atom. The number of aryl methyl sites for hydroxylation is 1. The molecule has 8 heteroatoms. The average molecular weight is 536 g/mol. The van der Waals surface area contributed by atoms with E-state index in [1.807, 2.05) is 32.2 Å². The fourth-order valence-corrected chi connectivity index (χ4v) is 6.29. The molecule has 0 aromatic carbocycles. The van der Waals surface area contributed by atoms with E-state index in [2.05, 4.69) is 18.5 Å². The second-order valence-corrected chi connectivity index (χ2v) is 12.8. The maximum atomic E-state index is 13.1. The van der Waals surface area contributed by atoms with Gasteiger partial charge in [0, 0.05) is 23.1 Å². The maximum Gasteiger partial charge on any atom is 0.309 e. The summed E-state index contributed by atoms with van der Waals surface area (Å²) in [6.07, 6.45) is 3.07. The summed E-state index contributed by atoms with van der Waals surface area (Å²) >= 11 is 1.56. The largest absolute Gasteiger partial charge is 0.458 e. The number of rotatable bonds is 4. The zero-order valence-corrected chi connectivity index (χ0v) is 24.0. The summed E-state index contributed by atoms with van der Waals surface area (Å²) in [5, 5.41) is 36.5. The van der Waals surface area contributed by atoms with Crippen LogP contribution >= 0.6 is 11.3 Å². The summed E-state index contributed by atoms with van der Waals surface area (Å²) < 4.78 is 12.0. The lowest BCUT2D eigenvalue weighted by Gasteiger charge is -2.42. The summed E-state index contributed by atoms with van der Waals surface area (Å²) in [5.41, 5.74) is 0.323. The monoisotopic (exact) mass is 535 g/mol. The third-order valence-electron chi connectivity index (χ3n) is 8.59. The molecule has 0 spiro atoms. The molecule has 0 amide bonds. The summed E-state index contributed by atoms with van der Waals surface area (Å²) in [5.74, 6) is -1.08. The number of aliphatic hydroxyl groups excluding tert-OH is 3. The van der Waals surface area contributed by atoms with E-state index >= 15 is 0 Å². The molecular weight excluding hydrogens is 490 g/mol. The molecule has 2 saturated heterocycles. The lowest BCUT2D eigenvalue weighted by molar-refractivity contribution is -0.157. The molecule has 9 atom stereocenters. The van der Waals surface area contributed by atoms with E-state index in [-0.39, 0.29) is 30.5 Å². The van der Waals surface area contributed by atoms with E-state index in [1.54, 1.807) is 31.3 Å². The normalized spacial score (nSPS) is 40.5. The minimum absolute atomic E-state index is 0.0343. The molecule has 0 saturated carbocycles. The Balaban J connectivity index is 1.89. The van der Waals surface area contributed by atoms with Crippen molar-refractivity contribution in [3.8, 4) is 0 Å². The van der Waals surface area contributed by atoms with Crippen LogP contribution in [0.15, 0.2) is 23.6 Å². The number of aliphatic hydroxyl groups is 3. The Kier molecular flexibility index (Phi) is 9.78. The van der Waals surface area contributed by atoms with Crippen LogP contribution in [0, 0.1) is 24.2 Å². The summed E-state index contributed by atoms with van der Waals surface area (Å²) in [6, 6.07) is 0. The molecule has 2 aliphatic heterocycles. The number of esters is 1. The van der Waals surface area contributed by atoms with Crippen LogP contribution < -0.4 is 0 Å². The molecule has 0 aliphatic carbocycles. The molecule has 0 bridgehead atoms. The Morgan fingerprint density at radius 2 is 2.00 bits per heavy atom. The van der Waals surface area contributed by atoms with E-state index in [9.17, 15) is 20.1 Å². The van der Waals surface area contributed by atoms with Crippen molar-refractivity contribution in [2.24, 2.45) is 17.3 Å². The molecule has 2 aliphatic rings. The second-order valence-electron chi connectivity index (χ2n) is 11.7. The molecule has 208 valence electrons. The fourth-order valence-electron chi connectivity index (χ4n) is 5.72. The van der Waals surface area contributed by atoms with Gasteiger partial charge in [-0.15, -0.1) is 17.9 Å². The highest BCUT2D eigenvalue weighted by molar-refractivity contribution is 7.09. The number of fused-ring (bicyclic) bond motifs is 1. The van der Waals surface area contributed by atoms with Crippen LogP contribution in [0.3, 0.4) is 0 Å². The highest BCUT2D eigenvalue weighted by atomic mass is 32.1. The number of hydrogen-bond donors (Lipinski definition) is 3. The molecule has 2 fully saturated rings. The van der Waals surface area contributed by atoms with Crippen molar-refractivity contribution in [3.63, 3.8) is 0 Å². The van der Waals surface area contributed by atoms with E-state index in [0.717, 1.165) is 35.5 Å². The Bertz CT molecular complexity index is 977. The van der Waals surface area contributed by atoms with Crippen LogP contribution in [0.4, 0.5) is 0 Å². The topological polar surface area (TPSA) is 112 Å². The summed E-state index contributed by atoms with van der Waals surface area (Å²) in [6.45, 7) is 15.3. The van der Waals surface area contributed by atoms with E-state index in [4.69, 9.17) is 9.47 Å². The SMILES string of the molecule is C=CC[C@@]1(C)C(O)[C@H](C)[C@@H](O)[C@@H](C)CCC[C@@]2(C)O[C@H]2C[C@@H](/C(C)=C/c2csc(C)n2)OC(=O)C[C@@H]1O. The van der Waals surface area contributed by atoms with E-state index in [0.29, 0.717) is 6.42 Å².